The number of likely N-dealkylation sites (tertiary alicyclic amines) is 1. The number of hydrogen-bond donors (Lipinski definition) is 1. The van der Waals surface area contributed by atoms with Gasteiger partial charge in [0.15, 0.2) is 0 Å². The number of carbonyl (C=O) groups is 1. The van der Waals surface area contributed by atoms with E-state index in [1.54, 1.807) is 23.1 Å². The van der Waals surface area contributed by atoms with E-state index >= 15 is 0 Å². The average molecular weight is 385 g/mol. The third-order valence-electron chi connectivity index (χ3n) is 4.93. The molecule has 1 unspecified atom stereocenters. The number of nitrogens with one attached hydrogen (secondary N) is 1. The molecule has 2 aromatic carbocycles. The summed E-state index contributed by atoms with van der Waals surface area (Å²) in [6.07, 6.45) is -2.14. The Hall–Kier alpha value is -3.09. The van der Waals surface area contributed by atoms with Gasteiger partial charge in [-0.2, -0.15) is 13.2 Å². The fraction of sp³-hybridized carbons (Fsp3) is 0.238. The maximum atomic E-state index is 12.9. The molecule has 144 valence electrons. The summed E-state index contributed by atoms with van der Waals surface area (Å²) in [6, 6.07) is 14.4. The normalized spacial score (nSPS) is 17.1. The van der Waals surface area contributed by atoms with E-state index in [1.165, 1.54) is 12.3 Å². The van der Waals surface area contributed by atoms with Crippen LogP contribution in [0.1, 0.15) is 22.3 Å². The van der Waals surface area contributed by atoms with Crippen molar-refractivity contribution in [2.45, 2.75) is 18.6 Å². The smallest absolute Gasteiger partial charge is 0.380 e. The molecular weight excluding hydrogens is 367 g/mol. The minimum Gasteiger partial charge on any atom is -0.380 e. The second-order valence-electron chi connectivity index (χ2n) is 6.84. The second-order valence-corrected chi connectivity index (χ2v) is 6.84. The highest BCUT2D eigenvalue weighted by Crippen LogP contribution is 2.33. The Morgan fingerprint density at radius 2 is 1.89 bits per heavy atom. The number of nitrogens with zero attached hydrogens (tertiary/aromatic N) is 2. The molecule has 0 aliphatic carbocycles. The highest BCUT2D eigenvalue weighted by Gasteiger charge is 2.31. The van der Waals surface area contributed by atoms with Crippen molar-refractivity contribution in [3.05, 3.63) is 71.9 Å². The fourth-order valence-corrected chi connectivity index (χ4v) is 3.50. The summed E-state index contributed by atoms with van der Waals surface area (Å²) in [4.78, 5) is 18.4. The molecule has 1 saturated heterocycles. The quantitative estimate of drug-likeness (QED) is 0.718. The highest BCUT2D eigenvalue weighted by molar-refractivity contribution is 5.94. The van der Waals surface area contributed by atoms with Crippen LogP contribution in [0.2, 0.25) is 0 Å². The van der Waals surface area contributed by atoms with Crippen molar-refractivity contribution in [2.75, 3.05) is 18.4 Å². The molecular formula is C21H18F3N3O. The van der Waals surface area contributed by atoms with E-state index in [9.17, 15) is 18.0 Å². The summed E-state index contributed by atoms with van der Waals surface area (Å²) >= 11 is 0. The second kappa shape index (κ2) is 7.14. The lowest BCUT2D eigenvalue weighted by molar-refractivity contribution is -0.137. The van der Waals surface area contributed by atoms with Crippen LogP contribution in [0, 0.1) is 0 Å². The summed E-state index contributed by atoms with van der Waals surface area (Å²) in [7, 11) is 0. The van der Waals surface area contributed by atoms with Gasteiger partial charge in [-0.25, -0.2) is 0 Å². The number of carbonyl (C=O) groups excluding carboxylic acids is 1. The number of anilines is 1. The molecule has 2 heterocycles. The van der Waals surface area contributed by atoms with Gasteiger partial charge in [0.25, 0.3) is 5.91 Å². The van der Waals surface area contributed by atoms with E-state index in [0.29, 0.717) is 24.0 Å². The van der Waals surface area contributed by atoms with E-state index in [2.05, 4.69) is 10.3 Å². The first kappa shape index (κ1) is 18.3. The molecule has 1 aliphatic heterocycles. The molecule has 1 aromatic heterocycles. The van der Waals surface area contributed by atoms with Crippen LogP contribution in [-0.4, -0.2) is 34.9 Å². The minimum absolute atomic E-state index is 0.0145. The van der Waals surface area contributed by atoms with Gasteiger partial charge < -0.3 is 10.2 Å². The number of hydrogen-bond acceptors (Lipinski definition) is 3. The molecule has 1 amide bonds. The predicted molar refractivity (Wildman–Crippen MR) is 101 cm³/mol. The van der Waals surface area contributed by atoms with Gasteiger partial charge in [-0.1, -0.05) is 24.3 Å². The predicted octanol–water partition coefficient (Wildman–Crippen LogP) is 4.58. The third kappa shape index (κ3) is 3.65. The summed E-state index contributed by atoms with van der Waals surface area (Å²) in [5, 5.41) is 3.99. The van der Waals surface area contributed by atoms with Crippen LogP contribution < -0.4 is 5.32 Å². The van der Waals surface area contributed by atoms with Crippen molar-refractivity contribution < 1.29 is 18.0 Å². The van der Waals surface area contributed by atoms with E-state index in [-0.39, 0.29) is 17.5 Å². The van der Waals surface area contributed by atoms with Crippen molar-refractivity contribution in [1.82, 2.24) is 9.88 Å². The largest absolute Gasteiger partial charge is 0.416 e. The Bertz CT molecular complexity index is 1000. The molecule has 0 radical (unpaired) electrons. The first-order valence-electron chi connectivity index (χ1n) is 8.98. The number of rotatable bonds is 3. The Morgan fingerprint density at radius 3 is 2.64 bits per heavy atom. The fourth-order valence-electron chi connectivity index (χ4n) is 3.50. The van der Waals surface area contributed by atoms with Crippen molar-refractivity contribution in [2.24, 2.45) is 0 Å². The minimum atomic E-state index is -4.40. The van der Waals surface area contributed by atoms with Gasteiger partial charge in [0.05, 0.1) is 11.1 Å². The van der Waals surface area contributed by atoms with Crippen LogP contribution in [-0.2, 0) is 6.18 Å². The van der Waals surface area contributed by atoms with E-state index < -0.39 is 11.7 Å². The molecule has 4 nitrogen and oxygen atoms in total. The van der Waals surface area contributed by atoms with Crippen molar-refractivity contribution in [3.63, 3.8) is 0 Å². The molecule has 3 aromatic rings. The number of aromatic nitrogens is 1. The van der Waals surface area contributed by atoms with Crippen LogP contribution in [0.4, 0.5) is 18.9 Å². The average Bonchev–Trinajstić information content (AvgIpc) is 3.16. The van der Waals surface area contributed by atoms with E-state index in [1.807, 2.05) is 18.2 Å². The Labute approximate surface area is 160 Å². The van der Waals surface area contributed by atoms with Gasteiger partial charge >= 0.3 is 6.18 Å². The molecule has 28 heavy (non-hydrogen) atoms. The zero-order valence-corrected chi connectivity index (χ0v) is 14.9. The molecule has 1 fully saturated rings. The van der Waals surface area contributed by atoms with Crippen molar-refractivity contribution in [1.29, 1.82) is 0 Å². The van der Waals surface area contributed by atoms with Gasteiger partial charge in [0.2, 0.25) is 0 Å². The van der Waals surface area contributed by atoms with Gasteiger partial charge in [-0.3, -0.25) is 9.78 Å². The summed E-state index contributed by atoms with van der Waals surface area (Å²) in [5.41, 5.74) is 0.940. The Morgan fingerprint density at radius 1 is 1.11 bits per heavy atom. The van der Waals surface area contributed by atoms with Gasteiger partial charge in [-0.05, 0) is 36.8 Å². The maximum absolute atomic E-state index is 12.9. The van der Waals surface area contributed by atoms with Crippen LogP contribution in [0.15, 0.2) is 60.8 Å². The molecule has 0 saturated carbocycles. The van der Waals surface area contributed by atoms with Crippen LogP contribution in [0.5, 0.6) is 0 Å². The molecule has 1 aliphatic rings. The molecule has 7 heteroatoms. The molecule has 0 bridgehead atoms. The number of alkyl halides is 3. The summed E-state index contributed by atoms with van der Waals surface area (Å²) in [5.74, 6) is -0.0145. The van der Waals surface area contributed by atoms with Crippen LogP contribution >= 0.6 is 0 Å². The zero-order chi connectivity index (χ0) is 19.7. The monoisotopic (exact) mass is 385 g/mol. The van der Waals surface area contributed by atoms with Gasteiger partial charge in [0, 0.05) is 42.0 Å². The SMILES string of the molecule is O=C(c1ccccc1)N1CCC(Nc2ccnc3cc(C(F)(F)F)ccc23)C1. The van der Waals surface area contributed by atoms with Crippen molar-refractivity contribution >= 4 is 22.5 Å². The first-order chi connectivity index (χ1) is 13.4. The standard InChI is InChI=1S/C21H18F3N3O/c22-21(23,24)15-6-7-17-18(8-10-25-19(17)12-15)26-16-9-11-27(13-16)20(28)14-4-2-1-3-5-14/h1-8,10,12,16H,9,11,13H2,(H,25,26). The molecule has 1 atom stereocenters. The number of amides is 1. The lowest BCUT2D eigenvalue weighted by atomic mass is 10.1. The van der Waals surface area contributed by atoms with E-state index in [4.69, 9.17) is 0 Å². The lowest BCUT2D eigenvalue weighted by Gasteiger charge is -2.19. The number of pyridine rings is 1. The highest BCUT2D eigenvalue weighted by atomic mass is 19.4. The lowest BCUT2D eigenvalue weighted by Crippen LogP contribution is -2.31. The third-order valence-corrected chi connectivity index (χ3v) is 4.93. The van der Waals surface area contributed by atoms with Gasteiger partial charge in [0.1, 0.15) is 0 Å². The van der Waals surface area contributed by atoms with Gasteiger partial charge in [-0.15, -0.1) is 0 Å². The molecule has 4 rings (SSSR count). The Balaban J connectivity index is 1.51. The summed E-state index contributed by atoms with van der Waals surface area (Å²) in [6.45, 7) is 1.17. The summed E-state index contributed by atoms with van der Waals surface area (Å²) < 4.78 is 38.8. The zero-order valence-electron chi connectivity index (χ0n) is 14.9. The van der Waals surface area contributed by atoms with Crippen molar-refractivity contribution in [3.8, 4) is 0 Å². The topological polar surface area (TPSA) is 45.2 Å². The maximum Gasteiger partial charge on any atom is 0.416 e. The number of halogens is 3. The Kier molecular flexibility index (Phi) is 4.66. The van der Waals surface area contributed by atoms with E-state index in [0.717, 1.165) is 24.2 Å². The molecule has 1 N–H and O–H groups in total. The molecule has 0 spiro atoms. The first-order valence-corrected chi connectivity index (χ1v) is 8.98. The number of fused-ring (bicyclic) bond motifs is 1. The van der Waals surface area contributed by atoms with Crippen LogP contribution in [0.25, 0.3) is 10.9 Å². The van der Waals surface area contributed by atoms with Crippen LogP contribution in [0.3, 0.4) is 0 Å². The number of benzene rings is 2.